The summed E-state index contributed by atoms with van der Waals surface area (Å²) in [5.41, 5.74) is 2.33. The van der Waals surface area contributed by atoms with Crippen molar-refractivity contribution in [3.63, 3.8) is 0 Å². The van der Waals surface area contributed by atoms with E-state index in [-0.39, 0.29) is 17.2 Å². The lowest BCUT2D eigenvalue weighted by molar-refractivity contribution is -0.118. The second-order valence-corrected chi connectivity index (χ2v) is 7.33. The molecule has 6 heteroatoms. The van der Waals surface area contributed by atoms with Crippen LogP contribution in [-0.2, 0) is 4.79 Å². The van der Waals surface area contributed by atoms with E-state index in [0.29, 0.717) is 22.6 Å². The lowest BCUT2D eigenvalue weighted by Crippen LogP contribution is -2.27. The van der Waals surface area contributed by atoms with Crippen LogP contribution in [0.25, 0.3) is 16.6 Å². The van der Waals surface area contributed by atoms with E-state index in [1.807, 2.05) is 49.4 Å². The van der Waals surface area contributed by atoms with Gasteiger partial charge in [-0.2, -0.15) is 0 Å². The first-order valence-electron chi connectivity index (χ1n) is 9.08. The molecule has 2 aromatic carbocycles. The third-order valence-corrected chi connectivity index (χ3v) is 5.13. The number of thioether (sulfide) groups is 1. The van der Waals surface area contributed by atoms with Crippen LogP contribution in [0.3, 0.4) is 0 Å². The predicted molar refractivity (Wildman–Crippen MR) is 111 cm³/mol. The summed E-state index contributed by atoms with van der Waals surface area (Å²) in [5, 5.41) is 3.99. The van der Waals surface area contributed by atoms with Crippen LogP contribution in [0, 0.1) is 6.92 Å². The Hall–Kier alpha value is -2.60. The minimum atomic E-state index is -0.125. The topological polar surface area (TPSA) is 64.0 Å². The Balaban J connectivity index is 1.98. The van der Waals surface area contributed by atoms with Crippen LogP contribution in [0.4, 0.5) is 0 Å². The number of nitrogens with one attached hydrogen (secondary N) is 1. The van der Waals surface area contributed by atoms with E-state index in [1.54, 1.807) is 10.6 Å². The lowest BCUT2D eigenvalue weighted by Gasteiger charge is -2.13. The molecule has 0 aliphatic carbocycles. The summed E-state index contributed by atoms with van der Waals surface area (Å²) in [4.78, 5) is 29.9. The molecule has 1 amide bonds. The zero-order valence-electron chi connectivity index (χ0n) is 15.6. The minimum Gasteiger partial charge on any atom is -0.355 e. The summed E-state index contributed by atoms with van der Waals surface area (Å²) in [6.45, 7) is 4.74. The van der Waals surface area contributed by atoms with Gasteiger partial charge in [-0.1, -0.05) is 49.4 Å². The number of carbonyl (C=O) groups is 1. The van der Waals surface area contributed by atoms with Crippen LogP contribution in [0.5, 0.6) is 0 Å². The van der Waals surface area contributed by atoms with Crippen LogP contribution >= 0.6 is 11.8 Å². The number of hydrogen-bond acceptors (Lipinski definition) is 4. The Morgan fingerprint density at radius 2 is 2.00 bits per heavy atom. The van der Waals surface area contributed by atoms with Crippen molar-refractivity contribution in [2.24, 2.45) is 0 Å². The van der Waals surface area contributed by atoms with Crippen molar-refractivity contribution in [3.8, 4) is 5.69 Å². The fourth-order valence-electron chi connectivity index (χ4n) is 2.79. The fourth-order valence-corrected chi connectivity index (χ4v) is 3.63. The maximum absolute atomic E-state index is 13.1. The molecule has 0 aliphatic rings. The van der Waals surface area contributed by atoms with Gasteiger partial charge in [-0.15, -0.1) is 0 Å². The molecular weight excluding hydrogens is 358 g/mol. The highest BCUT2D eigenvalue weighted by molar-refractivity contribution is 7.99. The second kappa shape index (κ2) is 8.86. The maximum Gasteiger partial charge on any atom is 0.266 e. The Bertz CT molecular complexity index is 1010. The van der Waals surface area contributed by atoms with Crippen LogP contribution < -0.4 is 10.9 Å². The largest absolute Gasteiger partial charge is 0.355 e. The third-order valence-electron chi connectivity index (χ3n) is 4.19. The highest BCUT2D eigenvalue weighted by Gasteiger charge is 2.14. The summed E-state index contributed by atoms with van der Waals surface area (Å²) in [5.74, 6) is 0.173. The number of aryl methyl sites for hydroxylation is 1. The Labute approximate surface area is 162 Å². The van der Waals surface area contributed by atoms with Crippen LogP contribution in [0.15, 0.2) is 58.5 Å². The number of unbranched alkanes of at least 4 members (excludes halogenated alkanes) is 1. The van der Waals surface area contributed by atoms with Gasteiger partial charge in [0.15, 0.2) is 5.16 Å². The SMILES string of the molecule is CCCCNC(=O)CSc1nc2ccccc2c(=O)n1-c1cccc(C)c1. The molecule has 5 nitrogen and oxygen atoms in total. The molecule has 0 saturated heterocycles. The average molecular weight is 382 g/mol. The van der Waals surface area contributed by atoms with Crippen molar-refractivity contribution in [1.29, 1.82) is 0 Å². The van der Waals surface area contributed by atoms with E-state index >= 15 is 0 Å². The van der Waals surface area contributed by atoms with Gasteiger partial charge in [0, 0.05) is 6.54 Å². The monoisotopic (exact) mass is 381 g/mol. The summed E-state index contributed by atoms with van der Waals surface area (Å²) in [7, 11) is 0. The van der Waals surface area contributed by atoms with Gasteiger partial charge in [0.05, 0.1) is 22.3 Å². The molecule has 3 aromatic rings. The zero-order chi connectivity index (χ0) is 19.2. The van der Waals surface area contributed by atoms with Crippen LogP contribution in [0.1, 0.15) is 25.3 Å². The third kappa shape index (κ3) is 4.57. The van der Waals surface area contributed by atoms with Crippen molar-refractivity contribution < 1.29 is 4.79 Å². The molecule has 0 bridgehead atoms. The van der Waals surface area contributed by atoms with E-state index in [2.05, 4.69) is 17.2 Å². The van der Waals surface area contributed by atoms with Crippen molar-refractivity contribution in [1.82, 2.24) is 14.9 Å². The summed E-state index contributed by atoms with van der Waals surface area (Å²) >= 11 is 1.28. The number of rotatable bonds is 7. The molecule has 1 aromatic heterocycles. The molecule has 1 N–H and O–H groups in total. The van der Waals surface area contributed by atoms with Crippen LogP contribution in [0.2, 0.25) is 0 Å². The molecular formula is C21H23N3O2S. The predicted octanol–water partition coefficient (Wildman–Crippen LogP) is 3.70. The first kappa shape index (κ1) is 19.2. The molecule has 0 saturated carbocycles. The van der Waals surface area contributed by atoms with E-state index in [9.17, 15) is 9.59 Å². The normalized spacial score (nSPS) is 10.9. The highest BCUT2D eigenvalue weighted by Crippen LogP contribution is 2.21. The van der Waals surface area contributed by atoms with Gasteiger partial charge >= 0.3 is 0 Å². The number of benzene rings is 2. The van der Waals surface area contributed by atoms with Gasteiger partial charge in [0.2, 0.25) is 5.91 Å². The number of para-hydroxylation sites is 1. The van der Waals surface area contributed by atoms with Crippen molar-refractivity contribution >= 4 is 28.6 Å². The van der Waals surface area contributed by atoms with Gasteiger partial charge in [-0.25, -0.2) is 4.98 Å². The van der Waals surface area contributed by atoms with E-state index in [4.69, 9.17) is 0 Å². The molecule has 1 heterocycles. The van der Waals surface area contributed by atoms with E-state index in [0.717, 1.165) is 24.1 Å². The molecule has 3 rings (SSSR count). The smallest absolute Gasteiger partial charge is 0.266 e. The van der Waals surface area contributed by atoms with Crippen molar-refractivity contribution in [3.05, 3.63) is 64.4 Å². The first-order valence-corrected chi connectivity index (χ1v) is 10.1. The molecule has 140 valence electrons. The van der Waals surface area contributed by atoms with Gasteiger partial charge < -0.3 is 5.32 Å². The number of amides is 1. The maximum atomic E-state index is 13.1. The quantitative estimate of drug-likeness (QED) is 0.385. The second-order valence-electron chi connectivity index (χ2n) is 6.38. The number of fused-ring (bicyclic) bond motifs is 1. The van der Waals surface area contributed by atoms with Gasteiger partial charge in [-0.05, 0) is 43.2 Å². The minimum absolute atomic E-state index is 0.0494. The first-order chi connectivity index (χ1) is 13.1. The average Bonchev–Trinajstić information content (AvgIpc) is 2.66. The fraction of sp³-hybridized carbons (Fsp3) is 0.286. The Kier molecular flexibility index (Phi) is 6.29. The zero-order valence-corrected chi connectivity index (χ0v) is 16.4. The van der Waals surface area contributed by atoms with Gasteiger partial charge in [0.1, 0.15) is 0 Å². The summed E-state index contributed by atoms with van der Waals surface area (Å²) in [6, 6.07) is 15.0. The molecule has 0 aliphatic heterocycles. The number of aromatic nitrogens is 2. The van der Waals surface area contributed by atoms with E-state index < -0.39 is 0 Å². The van der Waals surface area contributed by atoms with Gasteiger partial charge in [0.25, 0.3) is 5.56 Å². The Morgan fingerprint density at radius 1 is 1.19 bits per heavy atom. The highest BCUT2D eigenvalue weighted by atomic mass is 32.2. The van der Waals surface area contributed by atoms with E-state index in [1.165, 1.54) is 11.8 Å². The number of carbonyl (C=O) groups excluding carboxylic acids is 1. The lowest BCUT2D eigenvalue weighted by atomic mass is 10.2. The number of hydrogen-bond donors (Lipinski definition) is 1. The molecule has 0 fully saturated rings. The summed E-state index contributed by atoms with van der Waals surface area (Å²) in [6.07, 6.45) is 1.99. The van der Waals surface area contributed by atoms with Crippen molar-refractivity contribution in [2.75, 3.05) is 12.3 Å². The molecule has 0 unspecified atom stereocenters. The molecule has 0 atom stereocenters. The molecule has 27 heavy (non-hydrogen) atoms. The molecule has 0 radical (unpaired) electrons. The Morgan fingerprint density at radius 3 is 2.78 bits per heavy atom. The number of nitrogens with zero attached hydrogens (tertiary/aromatic N) is 2. The van der Waals surface area contributed by atoms with Crippen LogP contribution in [-0.4, -0.2) is 27.8 Å². The van der Waals surface area contributed by atoms with Crippen molar-refractivity contribution in [2.45, 2.75) is 31.8 Å². The molecule has 0 spiro atoms. The standard InChI is InChI=1S/C21H23N3O2S/c1-3-4-12-22-19(25)14-27-21-23-18-11-6-5-10-17(18)20(26)24(21)16-9-7-8-15(2)13-16/h5-11,13H,3-4,12,14H2,1-2H3,(H,22,25). The van der Waals surface area contributed by atoms with Gasteiger partial charge in [-0.3, -0.25) is 14.2 Å². The summed E-state index contributed by atoms with van der Waals surface area (Å²) < 4.78 is 1.60.